The lowest BCUT2D eigenvalue weighted by Gasteiger charge is -2.26. The fourth-order valence-electron chi connectivity index (χ4n) is 2.28. The molecule has 0 aromatic heterocycles. The van der Waals surface area contributed by atoms with Crippen LogP contribution in [-0.4, -0.2) is 17.1 Å². The Balaban J connectivity index is 2.00. The highest BCUT2D eigenvalue weighted by atomic mass is 16.5. The number of amides is 1. The summed E-state index contributed by atoms with van der Waals surface area (Å²) in [5.74, 6) is 0.779. The van der Waals surface area contributed by atoms with Gasteiger partial charge in [-0.25, -0.2) is 0 Å². The third kappa shape index (κ3) is 3.50. The Labute approximate surface area is 112 Å². The lowest BCUT2D eigenvalue weighted by molar-refractivity contribution is 0.1000. The van der Waals surface area contributed by atoms with E-state index in [0.717, 1.165) is 37.0 Å². The minimum atomic E-state index is -0.409. The highest BCUT2D eigenvalue weighted by Gasteiger charge is 2.20. The molecule has 1 atom stereocenters. The van der Waals surface area contributed by atoms with Crippen LogP contribution in [-0.2, 0) is 6.42 Å². The first-order valence-electron chi connectivity index (χ1n) is 6.51. The van der Waals surface area contributed by atoms with Gasteiger partial charge in [0, 0.05) is 5.56 Å². The van der Waals surface area contributed by atoms with Crippen LogP contribution in [0.15, 0.2) is 30.0 Å². The number of hydrogen-bond acceptors (Lipinski definition) is 3. The van der Waals surface area contributed by atoms with Crippen LogP contribution in [0.4, 0.5) is 0 Å². The van der Waals surface area contributed by atoms with Crippen LogP contribution in [0.5, 0.6) is 5.75 Å². The average Bonchev–Trinajstić information content (AvgIpc) is 2.37. The number of rotatable bonds is 4. The van der Waals surface area contributed by atoms with Crippen molar-refractivity contribution in [1.29, 1.82) is 0 Å². The maximum Gasteiger partial charge on any atom is 0.248 e. The van der Waals surface area contributed by atoms with Gasteiger partial charge in [0.2, 0.25) is 5.91 Å². The molecular formula is C15H19NO3. The summed E-state index contributed by atoms with van der Waals surface area (Å²) >= 11 is 0. The second-order valence-electron chi connectivity index (χ2n) is 4.89. The summed E-state index contributed by atoms with van der Waals surface area (Å²) in [6, 6.07) is 5.32. The second kappa shape index (κ2) is 5.78. The molecule has 0 fully saturated rings. The van der Waals surface area contributed by atoms with Gasteiger partial charge in [0.1, 0.15) is 5.75 Å². The monoisotopic (exact) mass is 261 g/mol. The quantitative estimate of drug-likeness (QED) is 0.818. The molecule has 0 bridgehead atoms. The summed E-state index contributed by atoms with van der Waals surface area (Å²) in [4.78, 5) is 11.1. The zero-order valence-electron chi connectivity index (χ0n) is 11.1. The van der Waals surface area contributed by atoms with Crippen LogP contribution >= 0.6 is 0 Å². The van der Waals surface area contributed by atoms with E-state index in [2.05, 4.69) is 0 Å². The van der Waals surface area contributed by atoms with Gasteiger partial charge in [-0.05, 0) is 62.4 Å². The van der Waals surface area contributed by atoms with Gasteiger partial charge in [-0.15, -0.1) is 0 Å². The third-order valence-corrected chi connectivity index (χ3v) is 3.30. The molecule has 0 saturated heterocycles. The molecule has 1 aliphatic heterocycles. The van der Waals surface area contributed by atoms with E-state index in [1.807, 2.05) is 12.1 Å². The van der Waals surface area contributed by atoms with E-state index < -0.39 is 5.91 Å². The number of hydrogen-bond donors (Lipinski definition) is 2. The largest absolute Gasteiger partial charge is 0.513 e. The maximum absolute atomic E-state index is 11.1. The zero-order chi connectivity index (χ0) is 13.8. The highest BCUT2D eigenvalue weighted by Crippen LogP contribution is 2.30. The van der Waals surface area contributed by atoms with Gasteiger partial charge in [-0.2, -0.15) is 0 Å². The molecule has 0 aliphatic carbocycles. The first-order chi connectivity index (χ1) is 9.06. The number of aryl methyl sites for hydroxylation is 1. The normalized spacial score (nSPS) is 18.6. The third-order valence-electron chi connectivity index (χ3n) is 3.30. The summed E-state index contributed by atoms with van der Waals surface area (Å²) in [5, 5.41) is 9.10. The van der Waals surface area contributed by atoms with Crippen molar-refractivity contribution >= 4 is 5.91 Å². The van der Waals surface area contributed by atoms with Crippen molar-refractivity contribution in [2.75, 3.05) is 0 Å². The van der Waals surface area contributed by atoms with Crippen molar-refractivity contribution in [3.63, 3.8) is 0 Å². The first kappa shape index (κ1) is 13.5. The average molecular weight is 261 g/mol. The maximum atomic E-state index is 11.1. The van der Waals surface area contributed by atoms with Crippen LogP contribution < -0.4 is 10.5 Å². The van der Waals surface area contributed by atoms with Gasteiger partial charge in [0.05, 0.1) is 11.9 Å². The van der Waals surface area contributed by atoms with Gasteiger partial charge >= 0.3 is 0 Å². The molecule has 3 N–H and O–H groups in total. The fourth-order valence-corrected chi connectivity index (χ4v) is 2.28. The van der Waals surface area contributed by atoms with Crippen LogP contribution in [0, 0.1) is 0 Å². The summed E-state index contributed by atoms with van der Waals surface area (Å²) in [6.07, 6.45) is 5.48. The van der Waals surface area contributed by atoms with E-state index in [0.29, 0.717) is 11.3 Å². The Morgan fingerprint density at radius 3 is 3.05 bits per heavy atom. The molecule has 102 valence electrons. The molecule has 1 aromatic rings. The number of carbonyl (C=O) groups is 1. The van der Waals surface area contributed by atoms with E-state index >= 15 is 0 Å². The predicted octanol–water partition coefficient (Wildman–Crippen LogP) is 2.72. The minimum absolute atomic E-state index is 0.169. The summed E-state index contributed by atoms with van der Waals surface area (Å²) in [6.45, 7) is 1.67. The molecule has 1 aliphatic rings. The number of benzene rings is 1. The number of allylic oxidation sites excluding steroid dienone is 2. The number of primary amides is 1. The summed E-state index contributed by atoms with van der Waals surface area (Å²) < 4.78 is 5.89. The molecule has 2 rings (SSSR count). The number of aliphatic hydroxyl groups is 1. The predicted molar refractivity (Wildman–Crippen MR) is 73.3 cm³/mol. The molecular weight excluding hydrogens is 242 g/mol. The minimum Gasteiger partial charge on any atom is -0.513 e. The van der Waals surface area contributed by atoms with Gasteiger partial charge < -0.3 is 15.6 Å². The highest BCUT2D eigenvalue weighted by molar-refractivity contribution is 5.93. The second-order valence-corrected chi connectivity index (χ2v) is 4.89. The van der Waals surface area contributed by atoms with Crippen LogP contribution in [0.3, 0.4) is 0 Å². The van der Waals surface area contributed by atoms with Crippen molar-refractivity contribution in [3.05, 3.63) is 41.2 Å². The van der Waals surface area contributed by atoms with E-state index in [9.17, 15) is 4.79 Å². The van der Waals surface area contributed by atoms with Crippen molar-refractivity contribution in [1.82, 2.24) is 0 Å². The van der Waals surface area contributed by atoms with E-state index in [4.69, 9.17) is 15.6 Å². The van der Waals surface area contributed by atoms with Crippen molar-refractivity contribution in [2.45, 2.75) is 38.7 Å². The standard InChI is InChI=1S/C15H19NO3/c1-10(17)3-2-4-13-7-5-11-9-12(15(16)18)6-8-14(11)19-13/h3,6,8-9,13,17H,2,4-5,7H2,1H3,(H2,16,18)/b10-3-. The number of nitrogens with two attached hydrogens (primary N) is 1. The molecule has 4 heteroatoms. The SMILES string of the molecule is C/C(O)=C/CCC1CCc2cc(C(N)=O)ccc2O1. The topological polar surface area (TPSA) is 72.5 Å². The van der Waals surface area contributed by atoms with Crippen molar-refractivity contribution < 1.29 is 14.6 Å². The van der Waals surface area contributed by atoms with E-state index in [1.165, 1.54) is 0 Å². The molecule has 0 radical (unpaired) electrons. The number of ether oxygens (including phenoxy) is 1. The Hall–Kier alpha value is -1.97. The van der Waals surface area contributed by atoms with E-state index in [1.54, 1.807) is 19.1 Å². The zero-order valence-corrected chi connectivity index (χ0v) is 11.1. The first-order valence-corrected chi connectivity index (χ1v) is 6.51. The molecule has 1 amide bonds. The van der Waals surface area contributed by atoms with Crippen LogP contribution in [0.2, 0.25) is 0 Å². The lowest BCUT2D eigenvalue weighted by atomic mass is 9.97. The van der Waals surface area contributed by atoms with Crippen LogP contribution in [0.25, 0.3) is 0 Å². The Kier molecular flexibility index (Phi) is 4.10. The molecule has 19 heavy (non-hydrogen) atoms. The molecule has 1 aromatic carbocycles. The molecule has 1 heterocycles. The van der Waals surface area contributed by atoms with Gasteiger partial charge in [0.25, 0.3) is 0 Å². The molecule has 0 saturated carbocycles. The Morgan fingerprint density at radius 2 is 2.37 bits per heavy atom. The fraction of sp³-hybridized carbons (Fsp3) is 0.400. The molecule has 4 nitrogen and oxygen atoms in total. The summed E-state index contributed by atoms with van der Waals surface area (Å²) in [7, 11) is 0. The van der Waals surface area contributed by atoms with Crippen LogP contribution in [0.1, 0.15) is 42.1 Å². The smallest absolute Gasteiger partial charge is 0.248 e. The molecule has 1 unspecified atom stereocenters. The van der Waals surface area contributed by atoms with Crippen molar-refractivity contribution in [2.24, 2.45) is 5.73 Å². The Bertz CT molecular complexity index is 504. The number of carbonyl (C=O) groups excluding carboxylic acids is 1. The molecule has 0 spiro atoms. The lowest BCUT2D eigenvalue weighted by Crippen LogP contribution is -2.23. The Morgan fingerprint density at radius 1 is 1.58 bits per heavy atom. The van der Waals surface area contributed by atoms with E-state index in [-0.39, 0.29) is 6.10 Å². The van der Waals surface area contributed by atoms with Gasteiger partial charge in [0.15, 0.2) is 0 Å². The summed E-state index contributed by atoms with van der Waals surface area (Å²) in [5.41, 5.74) is 6.83. The van der Waals surface area contributed by atoms with Gasteiger partial charge in [-0.3, -0.25) is 4.79 Å². The number of fused-ring (bicyclic) bond motifs is 1. The van der Waals surface area contributed by atoms with Crippen molar-refractivity contribution in [3.8, 4) is 5.75 Å². The van der Waals surface area contributed by atoms with Gasteiger partial charge in [-0.1, -0.05) is 0 Å². The number of aliphatic hydroxyl groups excluding tert-OH is 1.